The summed E-state index contributed by atoms with van der Waals surface area (Å²) in [5.41, 5.74) is 5.77. The first-order valence-corrected chi connectivity index (χ1v) is 9.48. The molecule has 1 aromatic carbocycles. The number of hydrogen-bond donors (Lipinski definition) is 0. The van der Waals surface area contributed by atoms with E-state index in [2.05, 4.69) is 52.8 Å². The SMILES string of the molecule is CC.CC(C)c1ccc2c(c1)CCC1C(C)(C)CCCC21C. The van der Waals surface area contributed by atoms with Crippen LogP contribution in [0.25, 0.3) is 0 Å². The maximum absolute atomic E-state index is 2.55. The number of fused-ring (bicyclic) bond motifs is 3. The molecule has 2 atom stereocenters. The van der Waals surface area contributed by atoms with E-state index in [4.69, 9.17) is 0 Å². The molecule has 0 radical (unpaired) electrons. The van der Waals surface area contributed by atoms with Crippen LogP contribution in [-0.2, 0) is 11.8 Å². The zero-order valence-electron chi connectivity index (χ0n) is 15.9. The first-order chi connectivity index (χ1) is 10.3. The first kappa shape index (κ1) is 17.6. The van der Waals surface area contributed by atoms with Gasteiger partial charge < -0.3 is 0 Å². The molecule has 1 aromatic rings. The van der Waals surface area contributed by atoms with E-state index in [1.807, 2.05) is 13.8 Å². The monoisotopic (exact) mass is 300 g/mol. The van der Waals surface area contributed by atoms with Crippen molar-refractivity contribution >= 4 is 0 Å². The molecular formula is C22H36. The van der Waals surface area contributed by atoms with Gasteiger partial charge in [-0.25, -0.2) is 0 Å². The van der Waals surface area contributed by atoms with Gasteiger partial charge in [0, 0.05) is 0 Å². The molecule has 0 saturated heterocycles. The van der Waals surface area contributed by atoms with Gasteiger partial charge in [0.05, 0.1) is 0 Å². The smallest absolute Gasteiger partial charge is 0.00391 e. The van der Waals surface area contributed by atoms with Crippen molar-refractivity contribution in [1.82, 2.24) is 0 Å². The van der Waals surface area contributed by atoms with Crippen LogP contribution in [0.3, 0.4) is 0 Å². The molecule has 0 aliphatic heterocycles. The van der Waals surface area contributed by atoms with E-state index in [-0.39, 0.29) is 0 Å². The van der Waals surface area contributed by atoms with E-state index in [1.165, 1.54) is 37.7 Å². The van der Waals surface area contributed by atoms with Crippen molar-refractivity contribution in [3.05, 3.63) is 34.9 Å². The van der Waals surface area contributed by atoms with Gasteiger partial charge in [-0.05, 0) is 65.0 Å². The fraction of sp³-hybridized carbons (Fsp3) is 0.727. The van der Waals surface area contributed by atoms with Crippen molar-refractivity contribution in [2.45, 2.75) is 91.9 Å². The molecule has 0 amide bonds. The highest BCUT2D eigenvalue weighted by Crippen LogP contribution is 2.57. The minimum atomic E-state index is 0.421. The maximum Gasteiger partial charge on any atom is -0.00391 e. The summed E-state index contributed by atoms with van der Waals surface area (Å²) in [7, 11) is 0. The van der Waals surface area contributed by atoms with E-state index in [0.29, 0.717) is 16.7 Å². The van der Waals surface area contributed by atoms with Crippen molar-refractivity contribution < 1.29 is 0 Å². The first-order valence-electron chi connectivity index (χ1n) is 9.48. The lowest BCUT2D eigenvalue weighted by atomic mass is 9.50. The third-order valence-corrected chi connectivity index (χ3v) is 6.34. The zero-order chi connectivity index (χ0) is 16.5. The minimum Gasteiger partial charge on any atom is -0.0683 e. The Morgan fingerprint density at radius 1 is 1.05 bits per heavy atom. The van der Waals surface area contributed by atoms with Crippen molar-refractivity contribution in [2.24, 2.45) is 11.3 Å². The summed E-state index contributed by atoms with van der Waals surface area (Å²) in [5.74, 6) is 1.51. The molecule has 0 heterocycles. The quantitative estimate of drug-likeness (QED) is 0.531. The second-order valence-electron chi connectivity index (χ2n) is 8.42. The third-order valence-electron chi connectivity index (χ3n) is 6.34. The molecule has 124 valence electrons. The Morgan fingerprint density at radius 2 is 1.73 bits per heavy atom. The normalized spacial score (nSPS) is 29.2. The number of benzene rings is 1. The Balaban J connectivity index is 0.000000847. The van der Waals surface area contributed by atoms with Gasteiger partial charge in [0.25, 0.3) is 0 Å². The van der Waals surface area contributed by atoms with Gasteiger partial charge >= 0.3 is 0 Å². The van der Waals surface area contributed by atoms with Gasteiger partial charge in [-0.15, -0.1) is 0 Å². The highest BCUT2D eigenvalue weighted by atomic mass is 14.5. The lowest BCUT2D eigenvalue weighted by molar-refractivity contribution is 0.0407. The Labute approximate surface area is 138 Å². The second kappa shape index (κ2) is 6.38. The molecule has 0 aromatic heterocycles. The molecule has 0 bridgehead atoms. The Morgan fingerprint density at radius 3 is 2.36 bits per heavy atom. The summed E-state index contributed by atoms with van der Waals surface area (Å²) >= 11 is 0. The van der Waals surface area contributed by atoms with Crippen LogP contribution in [-0.4, -0.2) is 0 Å². The Bertz CT molecular complexity index is 509. The average Bonchev–Trinajstić information content (AvgIpc) is 2.48. The molecule has 0 spiro atoms. The fourth-order valence-electron chi connectivity index (χ4n) is 5.19. The number of aryl methyl sites for hydroxylation is 1. The topological polar surface area (TPSA) is 0 Å². The molecule has 0 nitrogen and oxygen atoms in total. The van der Waals surface area contributed by atoms with E-state index < -0.39 is 0 Å². The Kier molecular flexibility index (Phi) is 5.09. The minimum absolute atomic E-state index is 0.421. The van der Waals surface area contributed by atoms with E-state index in [9.17, 15) is 0 Å². The van der Waals surface area contributed by atoms with Crippen LogP contribution in [0.5, 0.6) is 0 Å². The number of rotatable bonds is 1. The molecule has 2 aliphatic rings. The predicted octanol–water partition coefficient (Wildman–Crippen LogP) is 6.87. The van der Waals surface area contributed by atoms with Gasteiger partial charge in [-0.3, -0.25) is 0 Å². The summed E-state index contributed by atoms with van der Waals surface area (Å²) in [4.78, 5) is 0. The van der Waals surface area contributed by atoms with Gasteiger partial charge in [-0.2, -0.15) is 0 Å². The molecule has 2 unspecified atom stereocenters. The molecule has 0 heteroatoms. The standard InChI is InChI=1S/C20H30.C2H6/c1-14(2)15-7-9-17-16(13-15)8-10-18-19(3,4)11-6-12-20(17,18)5;1-2/h7,9,13-14,18H,6,8,10-12H2,1-5H3;1-2H3. The van der Waals surface area contributed by atoms with Crippen molar-refractivity contribution in [1.29, 1.82) is 0 Å². The Hall–Kier alpha value is -0.780. The van der Waals surface area contributed by atoms with Crippen LogP contribution in [0, 0.1) is 11.3 Å². The van der Waals surface area contributed by atoms with E-state index in [1.54, 1.807) is 11.1 Å². The molecule has 1 saturated carbocycles. The highest BCUT2D eigenvalue weighted by Gasteiger charge is 2.49. The fourth-order valence-corrected chi connectivity index (χ4v) is 5.19. The van der Waals surface area contributed by atoms with E-state index in [0.717, 1.165) is 5.92 Å². The molecule has 2 aliphatic carbocycles. The van der Waals surface area contributed by atoms with Crippen LogP contribution < -0.4 is 0 Å². The molecule has 0 N–H and O–H groups in total. The number of hydrogen-bond acceptors (Lipinski definition) is 0. The summed E-state index contributed by atoms with van der Waals surface area (Å²) in [6.07, 6.45) is 6.87. The predicted molar refractivity (Wildman–Crippen MR) is 98.7 cm³/mol. The van der Waals surface area contributed by atoms with Crippen LogP contribution >= 0.6 is 0 Å². The lowest BCUT2D eigenvalue weighted by Gasteiger charge is -2.54. The average molecular weight is 301 g/mol. The van der Waals surface area contributed by atoms with Crippen LogP contribution in [0.15, 0.2) is 18.2 Å². The molecular weight excluding hydrogens is 264 g/mol. The van der Waals surface area contributed by atoms with Crippen LogP contribution in [0.4, 0.5) is 0 Å². The van der Waals surface area contributed by atoms with Crippen molar-refractivity contribution in [2.75, 3.05) is 0 Å². The van der Waals surface area contributed by atoms with Gasteiger partial charge in [0.2, 0.25) is 0 Å². The van der Waals surface area contributed by atoms with Gasteiger partial charge in [0.15, 0.2) is 0 Å². The summed E-state index contributed by atoms with van der Waals surface area (Å²) in [6.45, 7) is 16.2. The second-order valence-corrected chi connectivity index (χ2v) is 8.42. The summed E-state index contributed by atoms with van der Waals surface area (Å²) in [6, 6.07) is 7.36. The van der Waals surface area contributed by atoms with E-state index >= 15 is 0 Å². The molecule has 22 heavy (non-hydrogen) atoms. The van der Waals surface area contributed by atoms with Crippen LogP contribution in [0.1, 0.15) is 96.8 Å². The largest absolute Gasteiger partial charge is 0.0683 e. The molecule has 1 fully saturated rings. The summed E-state index contributed by atoms with van der Waals surface area (Å²) in [5, 5.41) is 0. The van der Waals surface area contributed by atoms with Crippen molar-refractivity contribution in [3.8, 4) is 0 Å². The lowest BCUT2D eigenvalue weighted by Crippen LogP contribution is -2.47. The zero-order valence-corrected chi connectivity index (χ0v) is 15.9. The highest BCUT2D eigenvalue weighted by molar-refractivity contribution is 5.42. The van der Waals surface area contributed by atoms with Gasteiger partial charge in [0.1, 0.15) is 0 Å². The van der Waals surface area contributed by atoms with Gasteiger partial charge in [-0.1, -0.05) is 73.1 Å². The third kappa shape index (κ3) is 2.86. The molecule has 3 rings (SSSR count). The van der Waals surface area contributed by atoms with Crippen LogP contribution in [0.2, 0.25) is 0 Å². The summed E-state index contributed by atoms with van der Waals surface area (Å²) < 4.78 is 0. The van der Waals surface area contributed by atoms with Crippen molar-refractivity contribution in [3.63, 3.8) is 0 Å². The maximum atomic E-state index is 2.55.